The molecule has 2 aromatic carbocycles. The second-order valence-electron chi connectivity index (χ2n) is 8.85. The van der Waals surface area contributed by atoms with Crippen molar-refractivity contribution in [2.24, 2.45) is 11.0 Å². The second-order valence-corrected chi connectivity index (χ2v) is 9.63. The lowest BCUT2D eigenvalue weighted by molar-refractivity contribution is -0.121. The summed E-state index contributed by atoms with van der Waals surface area (Å²) >= 11 is 12.1. The van der Waals surface area contributed by atoms with E-state index in [-0.39, 0.29) is 24.0 Å². The van der Waals surface area contributed by atoms with E-state index < -0.39 is 6.10 Å². The van der Waals surface area contributed by atoms with Crippen LogP contribution in [0.15, 0.2) is 47.6 Å². The maximum Gasteiger partial charge on any atom is 0.240 e. The summed E-state index contributed by atoms with van der Waals surface area (Å²) < 4.78 is 5.59. The van der Waals surface area contributed by atoms with Gasteiger partial charge in [0.05, 0.1) is 10.7 Å². The van der Waals surface area contributed by atoms with Crippen LogP contribution < -0.4 is 20.8 Å². The number of β-amino-alcohol motifs (C(OH)–C–C–N with tert-alkyl or cyclic N) is 1. The van der Waals surface area contributed by atoms with Gasteiger partial charge in [-0.15, -0.1) is 0 Å². The fraction of sp³-hybridized carbons (Fsp3) is 0.417. The van der Waals surface area contributed by atoms with Gasteiger partial charge < -0.3 is 20.5 Å². The number of aliphatic hydroxyl groups is 1. The van der Waals surface area contributed by atoms with Crippen molar-refractivity contribution in [3.63, 3.8) is 0 Å². The fourth-order valence-electron chi connectivity index (χ4n) is 3.38. The van der Waals surface area contributed by atoms with Crippen molar-refractivity contribution >= 4 is 40.5 Å². The number of amides is 1. The Hall–Kier alpha value is -2.32. The Bertz CT molecular complexity index is 996. The van der Waals surface area contributed by atoms with Crippen molar-refractivity contribution in [2.75, 3.05) is 25.0 Å². The molecule has 0 fully saturated rings. The van der Waals surface area contributed by atoms with Gasteiger partial charge in [-0.05, 0) is 43.7 Å². The average Bonchev–Trinajstić information content (AvgIpc) is 2.78. The molecule has 1 aliphatic rings. The van der Waals surface area contributed by atoms with Crippen LogP contribution in [0, 0.1) is 5.92 Å². The molecule has 0 bridgehead atoms. The molecule has 1 heterocycles. The summed E-state index contributed by atoms with van der Waals surface area (Å²) in [4.78, 5) is 11.4. The van der Waals surface area contributed by atoms with E-state index in [0.29, 0.717) is 35.3 Å². The van der Waals surface area contributed by atoms with Gasteiger partial charge in [-0.2, -0.15) is 5.10 Å². The molecule has 0 aromatic heterocycles. The highest BCUT2D eigenvalue weighted by Gasteiger charge is 2.22. The number of halogens is 2. The lowest BCUT2D eigenvalue weighted by atomic mass is 9.94. The van der Waals surface area contributed by atoms with Crippen LogP contribution in [0.4, 0.5) is 5.69 Å². The van der Waals surface area contributed by atoms with Crippen molar-refractivity contribution in [3.05, 3.63) is 58.1 Å². The zero-order chi connectivity index (χ0) is 24.0. The van der Waals surface area contributed by atoms with Gasteiger partial charge in [0.15, 0.2) is 0 Å². The summed E-state index contributed by atoms with van der Waals surface area (Å²) in [5.41, 5.74) is 5.13. The molecule has 0 saturated heterocycles. The molecule has 9 heteroatoms. The van der Waals surface area contributed by atoms with Crippen molar-refractivity contribution < 1.29 is 14.6 Å². The van der Waals surface area contributed by atoms with Gasteiger partial charge >= 0.3 is 0 Å². The van der Waals surface area contributed by atoms with Gasteiger partial charge in [-0.3, -0.25) is 4.79 Å². The van der Waals surface area contributed by atoms with Crippen LogP contribution in [0.25, 0.3) is 0 Å². The predicted octanol–water partition coefficient (Wildman–Crippen LogP) is 4.07. The van der Waals surface area contributed by atoms with Crippen LogP contribution in [0.3, 0.4) is 0 Å². The number of anilines is 1. The third-order valence-corrected chi connectivity index (χ3v) is 6.14. The number of ether oxygens (including phenoxy) is 1. The van der Waals surface area contributed by atoms with E-state index in [0.717, 1.165) is 17.0 Å². The number of hydrazone groups is 1. The molecule has 178 valence electrons. The number of rotatable bonds is 10. The van der Waals surface area contributed by atoms with Gasteiger partial charge in [0.2, 0.25) is 5.91 Å². The highest BCUT2D eigenvalue weighted by Crippen LogP contribution is 2.31. The zero-order valence-corrected chi connectivity index (χ0v) is 20.5. The molecule has 2 atom stereocenters. The van der Waals surface area contributed by atoms with Crippen LogP contribution in [-0.4, -0.2) is 48.1 Å². The normalized spacial score (nSPS) is 17.2. The number of carbonyl (C=O) groups excluding carboxylic acids is 1. The minimum Gasteiger partial charge on any atom is -0.489 e. The zero-order valence-electron chi connectivity index (χ0n) is 19.0. The summed E-state index contributed by atoms with van der Waals surface area (Å²) in [6.07, 6.45) is -0.265. The Balaban J connectivity index is 1.44. The first kappa shape index (κ1) is 25.3. The molecular formula is C24H30Cl2N4O3. The van der Waals surface area contributed by atoms with Crippen molar-refractivity contribution in [2.45, 2.75) is 38.8 Å². The van der Waals surface area contributed by atoms with Crippen molar-refractivity contribution in [3.8, 4) is 5.75 Å². The molecule has 1 aliphatic heterocycles. The lowest BCUT2D eigenvalue weighted by Crippen LogP contribution is -2.49. The van der Waals surface area contributed by atoms with Gasteiger partial charge in [0.25, 0.3) is 0 Å². The first-order valence-electron chi connectivity index (χ1n) is 10.9. The van der Waals surface area contributed by atoms with Crippen LogP contribution >= 0.6 is 23.2 Å². The fourth-order valence-corrected chi connectivity index (χ4v) is 3.73. The summed E-state index contributed by atoms with van der Waals surface area (Å²) in [7, 11) is 0. The van der Waals surface area contributed by atoms with E-state index >= 15 is 0 Å². The first-order valence-corrected chi connectivity index (χ1v) is 11.6. The summed E-state index contributed by atoms with van der Waals surface area (Å²) in [5.74, 6) is 0.485. The van der Waals surface area contributed by atoms with Gasteiger partial charge in [0, 0.05) is 36.7 Å². The van der Waals surface area contributed by atoms with E-state index in [4.69, 9.17) is 27.9 Å². The number of benzene rings is 2. The minimum atomic E-state index is -0.711. The quantitative estimate of drug-likeness (QED) is 0.400. The van der Waals surface area contributed by atoms with E-state index in [1.54, 1.807) is 18.2 Å². The van der Waals surface area contributed by atoms with Crippen molar-refractivity contribution in [1.29, 1.82) is 0 Å². The SMILES string of the molecule is CC1CC(=O)NN=C1c1ccc(NCC(C)(C)NCC(O)COc2cccc(Cl)c2Cl)cc1. The lowest BCUT2D eigenvalue weighted by Gasteiger charge is -2.28. The van der Waals surface area contributed by atoms with E-state index in [1.807, 2.05) is 31.2 Å². The predicted molar refractivity (Wildman–Crippen MR) is 133 cm³/mol. The van der Waals surface area contributed by atoms with E-state index in [2.05, 4.69) is 35.0 Å². The topological polar surface area (TPSA) is 95.0 Å². The number of hydrogen-bond donors (Lipinski definition) is 4. The number of hydrogen-bond acceptors (Lipinski definition) is 6. The molecule has 0 radical (unpaired) electrons. The molecule has 4 N–H and O–H groups in total. The molecule has 0 aliphatic carbocycles. The molecule has 1 amide bonds. The van der Waals surface area contributed by atoms with Gasteiger partial charge in [0.1, 0.15) is 23.5 Å². The molecule has 3 rings (SSSR count). The van der Waals surface area contributed by atoms with Crippen LogP contribution in [0.2, 0.25) is 10.0 Å². The molecular weight excluding hydrogens is 463 g/mol. The third-order valence-electron chi connectivity index (χ3n) is 5.34. The Labute approximate surface area is 204 Å². The highest BCUT2D eigenvalue weighted by atomic mass is 35.5. The number of carbonyl (C=O) groups is 1. The molecule has 0 spiro atoms. The molecule has 2 aromatic rings. The van der Waals surface area contributed by atoms with Crippen molar-refractivity contribution in [1.82, 2.24) is 10.7 Å². The standard InChI is InChI=1S/C24H30Cl2N4O3/c1-15-11-21(32)29-30-23(15)16-7-9-17(10-8-16)27-14-24(2,3)28-12-18(31)13-33-20-6-4-5-19(25)22(20)26/h4-10,15,18,27-28,31H,11-14H2,1-3H3,(H,29,32). The van der Waals surface area contributed by atoms with Gasteiger partial charge in [-0.1, -0.05) is 48.3 Å². The Morgan fingerprint density at radius 3 is 2.67 bits per heavy atom. The van der Waals surface area contributed by atoms with E-state index in [1.165, 1.54) is 0 Å². The molecule has 33 heavy (non-hydrogen) atoms. The Morgan fingerprint density at radius 1 is 1.24 bits per heavy atom. The minimum absolute atomic E-state index is 0.0517. The summed E-state index contributed by atoms with van der Waals surface area (Å²) in [6, 6.07) is 13.1. The van der Waals surface area contributed by atoms with Crippen LogP contribution in [0.5, 0.6) is 5.75 Å². The Morgan fingerprint density at radius 2 is 1.97 bits per heavy atom. The highest BCUT2D eigenvalue weighted by molar-refractivity contribution is 6.42. The smallest absolute Gasteiger partial charge is 0.240 e. The number of nitrogens with zero attached hydrogens (tertiary/aromatic N) is 1. The van der Waals surface area contributed by atoms with E-state index in [9.17, 15) is 9.90 Å². The third kappa shape index (κ3) is 7.33. The summed E-state index contributed by atoms with van der Waals surface area (Å²) in [6.45, 7) is 7.21. The average molecular weight is 493 g/mol. The molecule has 7 nitrogen and oxygen atoms in total. The monoisotopic (exact) mass is 492 g/mol. The second kappa shape index (κ2) is 11.2. The van der Waals surface area contributed by atoms with Gasteiger partial charge in [-0.25, -0.2) is 5.43 Å². The number of aliphatic hydroxyl groups excluding tert-OH is 1. The maximum absolute atomic E-state index is 11.4. The molecule has 0 saturated carbocycles. The summed E-state index contributed by atoms with van der Waals surface area (Å²) in [5, 5.41) is 22.0. The largest absolute Gasteiger partial charge is 0.489 e. The Kier molecular flexibility index (Phi) is 8.59. The molecule has 2 unspecified atom stereocenters. The van der Waals surface area contributed by atoms with Crippen LogP contribution in [-0.2, 0) is 4.79 Å². The first-order chi connectivity index (χ1) is 15.6. The van der Waals surface area contributed by atoms with Crippen LogP contribution in [0.1, 0.15) is 32.8 Å². The maximum atomic E-state index is 11.4. The number of nitrogens with one attached hydrogen (secondary N) is 3.